The fourth-order valence-electron chi connectivity index (χ4n) is 3.53. The number of nitrogens with zero attached hydrogens (tertiary/aromatic N) is 4. The fourth-order valence-corrected chi connectivity index (χ4v) is 3.53. The van der Waals surface area contributed by atoms with Crippen molar-refractivity contribution in [1.82, 2.24) is 25.0 Å². The molecule has 27 heavy (non-hydrogen) atoms. The second kappa shape index (κ2) is 8.03. The lowest BCUT2D eigenvalue weighted by Gasteiger charge is -2.32. The van der Waals surface area contributed by atoms with Crippen LogP contribution in [0.3, 0.4) is 0 Å². The number of amides is 2. The van der Waals surface area contributed by atoms with E-state index in [1.54, 1.807) is 17.1 Å². The Kier molecular flexibility index (Phi) is 5.14. The largest absolute Gasteiger partial charge is 0.334 e. The average molecular weight is 361 g/mol. The van der Waals surface area contributed by atoms with Gasteiger partial charge in [0, 0.05) is 38.2 Å². The van der Waals surface area contributed by atoms with Gasteiger partial charge < -0.3 is 10.2 Å². The summed E-state index contributed by atoms with van der Waals surface area (Å²) in [4.78, 5) is 18.7. The molecule has 1 aliphatic heterocycles. The highest BCUT2D eigenvalue weighted by atomic mass is 16.2. The van der Waals surface area contributed by atoms with Gasteiger partial charge in [-0.05, 0) is 48.1 Å². The van der Waals surface area contributed by atoms with Gasteiger partial charge in [-0.3, -0.25) is 0 Å². The number of benzene rings is 1. The Morgan fingerprint density at radius 1 is 1.07 bits per heavy atom. The van der Waals surface area contributed by atoms with Crippen molar-refractivity contribution in [2.75, 3.05) is 13.1 Å². The van der Waals surface area contributed by atoms with Crippen molar-refractivity contribution in [2.45, 2.75) is 25.3 Å². The topological polar surface area (TPSA) is 63.1 Å². The molecular weight excluding hydrogens is 338 g/mol. The van der Waals surface area contributed by atoms with E-state index in [1.807, 2.05) is 35.4 Å². The fraction of sp³-hybridized carbons (Fsp3) is 0.286. The van der Waals surface area contributed by atoms with E-state index in [4.69, 9.17) is 0 Å². The first-order chi connectivity index (χ1) is 13.3. The van der Waals surface area contributed by atoms with Gasteiger partial charge in [-0.2, -0.15) is 5.10 Å². The van der Waals surface area contributed by atoms with Gasteiger partial charge in [0.25, 0.3) is 0 Å². The molecular formula is C21H23N5O. The number of carbonyl (C=O) groups is 1. The Balaban J connectivity index is 1.30. The number of aromatic nitrogens is 3. The van der Waals surface area contributed by atoms with Crippen LogP contribution in [0.1, 0.15) is 29.9 Å². The normalized spacial score (nSPS) is 14.9. The summed E-state index contributed by atoms with van der Waals surface area (Å²) in [5.41, 5.74) is 2.38. The highest BCUT2D eigenvalue weighted by molar-refractivity contribution is 5.74. The number of pyridine rings is 1. The van der Waals surface area contributed by atoms with E-state index in [2.05, 4.69) is 39.7 Å². The number of carbonyl (C=O) groups excluding carboxylic acids is 1. The summed E-state index contributed by atoms with van der Waals surface area (Å²) in [6, 6.07) is 16.3. The summed E-state index contributed by atoms with van der Waals surface area (Å²) in [5, 5.41) is 7.21. The van der Waals surface area contributed by atoms with Crippen LogP contribution in [0.4, 0.5) is 4.79 Å². The zero-order valence-corrected chi connectivity index (χ0v) is 15.2. The lowest BCUT2D eigenvalue weighted by atomic mass is 9.90. The average Bonchev–Trinajstić information content (AvgIpc) is 3.28. The van der Waals surface area contributed by atoms with Gasteiger partial charge in [-0.15, -0.1) is 0 Å². The number of rotatable bonds is 4. The maximum absolute atomic E-state index is 12.5. The highest BCUT2D eigenvalue weighted by Crippen LogP contribution is 2.27. The molecule has 1 fully saturated rings. The third-order valence-corrected chi connectivity index (χ3v) is 5.05. The third kappa shape index (κ3) is 4.16. The summed E-state index contributed by atoms with van der Waals surface area (Å²) >= 11 is 0. The first kappa shape index (κ1) is 17.3. The van der Waals surface area contributed by atoms with Gasteiger partial charge in [0.15, 0.2) is 5.82 Å². The quantitative estimate of drug-likeness (QED) is 0.775. The Morgan fingerprint density at radius 2 is 1.89 bits per heavy atom. The van der Waals surface area contributed by atoms with E-state index in [1.165, 1.54) is 5.56 Å². The molecule has 0 spiro atoms. The number of piperidine rings is 1. The van der Waals surface area contributed by atoms with Crippen molar-refractivity contribution >= 4 is 6.03 Å². The van der Waals surface area contributed by atoms with Crippen molar-refractivity contribution in [3.8, 4) is 5.82 Å². The predicted octanol–water partition coefficient (Wildman–Crippen LogP) is 3.36. The molecule has 2 aromatic heterocycles. The summed E-state index contributed by atoms with van der Waals surface area (Å²) in [5.74, 6) is 1.29. The van der Waals surface area contributed by atoms with Gasteiger partial charge >= 0.3 is 6.03 Å². The molecule has 0 atom stereocenters. The molecule has 0 saturated carbocycles. The third-order valence-electron chi connectivity index (χ3n) is 5.05. The van der Waals surface area contributed by atoms with E-state index < -0.39 is 0 Å². The van der Waals surface area contributed by atoms with Crippen molar-refractivity contribution in [3.63, 3.8) is 0 Å². The first-order valence-corrected chi connectivity index (χ1v) is 9.32. The number of hydrogen-bond donors (Lipinski definition) is 1. The maximum atomic E-state index is 12.5. The molecule has 0 unspecified atom stereocenters. The van der Waals surface area contributed by atoms with Crippen LogP contribution in [-0.2, 0) is 6.54 Å². The molecule has 0 aliphatic carbocycles. The molecule has 0 radical (unpaired) electrons. The minimum atomic E-state index is -0.000960. The van der Waals surface area contributed by atoms with Crippen molar-refractivity contribution in [2.24, 2.45) is 0 Å². The van der Waals surface area contributed by atoms with E-state index in [-0.39, 0.29) is 6.03 Å². The molecule has 1 saturated heterocycles. The number of likely N-dealkylation sites (tertiary alicyclic amines) is 1. The molecule has 3 heterocycles. The van der Waals surface area contributed by atoms with E-state index in [9.17, 15) is 4.79 Å². The molecule has 1 aromatic carbocycles. The molecule has 2 amide bonds. The van der Waals surface area contributed by atoms with Gasteiger partial charge in [-0.1, -0.05) is 30.3 Å². The van der Waals surface area contributed by atoms with Crippen LogP contribution in [0.25, 0.3) is 5.82 Å². The van der Waals surface area contributed by atoms with Crippen LogP contribution in [0.2, 0.25) is 0 Å². The van der Waals surface area contributed by atoms with Crippen LogP contribution in [-0.4, -0.2) is 38.8 Å². The van der Waals surface area contributed by atoms with Gasteiger partial charge in [0.1, 0.15) is 0 Å². The van der Waals surface area contributed by atoms with E-state index >= 15 is 0 Å². The molecule has 0 bridgehead atoms. The zero-order chi connectivity index (χ0) is 18.5. The lowest BCUT2D eigenvalue weighted by molar-refractivity contribution is 0.181. The Labute approximate surface area is 158 Å². The maximum Gasteiger partial charge on any atom is 0.317 e. The van der Waals surface area contributed by atoms with Gasteiger partial charge in [0.05, 0.1) is 0 Å². The lowest BCUT2D eigenvalue weighted by Crippen LogP contribution is -2.43. The monoisotopic (exact) mass is 361 g/mol. The van der Waals surface area contributed by atoms with E-state index in [0.717, 1.165) is 37.3 Å². The Morgan fingerprint density at radius 3 is 2.63 bits per heavy atom. The van der Waals surface area contributed by atoms with Crippen molar-refractivity contribution in [3.05, 3.63) is 78.2 Å². The summed E-state index contributed by atoms with van der Waals surface area (Å²) in [6.45, 7) is 2.06. The van der Waals surface area contributed by atoms with Gasteiger partial charge in [0.2, 0.25) is 0 Å². The highest BCUT2D eigenvalue weighted by Gasteiger charge is 2.23. The van der Waals surface area contributed by atoms with Crippen LogP contribution < -0.4 is 5.32 Å². The molecule has 3 aromatic rings. The zero-order valence-electron chi connectivity index (χ0n) is 15.2. The molecule has 138 valence electrons. The van der Waals surface area contributed by atoms with Crippen molar-refractivity contribution in [1.29, 1.82) is 0 Å². The first-order valence-electron chi connectivity index (χ1n) is 9.32. The predicted molar refractivity (Wildman–Crippen MR) is 104 cm³/mol. The summed E-state index contributed by atoms with van der Waals surface area (Å²) in [7, 11) is 0. The molecule has 6 nitrogen and oxygen atoms in total. The minimum absolute atomic E-state index is 0.000960. The second-order valence-corrected chi connectivity index (χ2v) is 6.80. The standard InChI is InChI=1S/C21H23N5O/c27-21(25-13-8-19(9-14-25)18-5-2-1-3-6-18)23-16-17-7-11-22-20(15-17)26-12-4-10-24-26/h1-7,10-12,15,19H,8-9,13-14,16H2,(H,23,27). The van der Waals surface area contributed by atoms with Gasteiger partial charge in [-0.25, -0.2) is 14.5 Å². The smallest absolute Gasteiger partial charge is 0.317 e. The van der Waals surface area contributed by atoms with Crippen LogP contribution in [0, 0.1) is 0 Å². The molecule has 6 heteroatoms. The number of hydrogen-bond acceptors (Lipinski definition) is 3. The summed E-state index contributed by atoms with van der Waals surface area (Å²) < 4.78 is 1.71. The molecule has 1 aliphatic rings. The van der Waals surface area contributed by atoms with Crippen molar-refractivity contribution < 1.29 is 4.79 Å². The van der Waals surface area contributed by atoms with E-state index in [0.29, 0.717) is 12.5 Å². The molecule has 1 N–H and O–H groups in total. The van der Waals surface area contributed by atoms with Crippen LogP contribution in [0.5, 0.6) is 0 Å². The van der Waals surface area contributed by atoms with Crippen LogP contribution >= 0.6 is 0 Å². The molecule has 4 rings (SSSR count). The van der Waals surface area contributed by atoms with Crippen LogP contribution in [0.15, 0.2) is 67.1 Å². The Bertz CT molecular complexity index is 871. The number of nitrogens with one attached hydrogen (secondary N) is 1. The Hall–Kier alpha value is -3.15. The minimum Gasteiger partial charge on any atom is -0.334 e. The second-order valence-electron chi connectivity index (χ2n) is 6.80. The summed E-state index contributed by atoms with van der Waals surface area (Å²) in [6.07, 6.45) is 7.33. The number of urea groups is 1. The SMILES string of the molecule is O=C(NCc1ccnc(-n2cccn2)c1)N1CCC(c2ccccc2)CC1.